The van der Waals surface area contributed by atoms with Crippen molar-refractivity contribution in [3.8, 4) is 0 Å². The van der Waals surface area contributed by atoms with Gasteiger partial charge in [-0.3, -0.25) is 4.98 Å². The van der Waals surface area contributed by atoms with Gasteiger partial charge in [-0.25, -0.2) is 0 Å². The molecule has 1 aliphatic rings. The third kappa shape index (κ3) is 2.01. The van der Waals surface area contributed by atoms with Gasteiger partial charge in [0.2, 0.25) is 0 Å². The van der Waals surface area contributed by atoms with Gasteiger partial charge in [0.1, 0.15) is 0 Å². The van der Waals surface area contributed by atoms with Crippen LogP contribution in [0.4, 0.5) is 0 Å². The number of nitrogens with one attached hydrogen (secondary N) is 1. The summed E-state index contributed by atoms with van der Waals surface area (Å²) in [5.74, 6) is 0.636. The van der Waals surface area contributed by atoms with Gasteiger partial charge in [0, 0.05) is 17.6 Å². The van der Waals surface area contributed by atoms with Crippen molar-refractivity contribution in [1.29, 1.82) is 0 Å². The maximum atomic E-state index is 4.47. The van der Waals surface area contributed by atoms with Crippen molar-refractivity contribution in [2.75, 3.05) is 7.05 Å². The van der Waals surface area contributed by atoms with E-state index in [9.17, 15) is 0 Å². The highest BCUT2D eigenvalue weighted by Gasteiger charge is 2.26. The molecule has 1 saturated carbocycles. The zero-order chi connectivity index (χ0) is 12.4. The fourth-order valence-corrected chi connectivity index (χ4v) is 3.30. The van der Waals surface area contributed by atoms with Crippen molar-refractivity contribution in [2.45, 2.75) is 37.6 Å². The molecule has 2 unspecified atom stereocenters. The maximum absolute atomic E-state index is 4.47. The van der Waals surface area contributed by atoms with E-state index in [1.54, 1.807) is 0 Å². The van der Waals surface area contributed by atoms with Crippen LogP contribution in [0.25, 0.3) is 10.9 Å². The molecule has 1 heterocycles. The van der Waals surface area contributed by atoms with Crippen LogP contribution >= 0.6 is 0 Å². The third-order valence-corrected chi connectivity index (χ3v) is 4.22. The molecule has 1 N–H and O–H groups in total. The molecular weight excluding hydrogens is 220 g/mol. The lowest BCUT2D eigenvalue weighted by atomic mass is 9.79. The summed E-state index contributed by atoms with van der Waals surface area (Å²) in [6.45, 7) is 0. The molecule has 2 atom stereocenters. The average molecular weight is 240 g/mol. The molecule has 0 radical (unpaired) electrons. The minimum absolute atomic E-state index is 0.615. The molecule has 0 bridgehead atoms. The molecule has 2 heteroatoms. The molecular formula is C16H20N2. The average Bonchev–Trinajstić information content (AvgIpc) is 2.46. The summed E-state index contributed by atoms with van der Waals surface area (Å²) < 4.78 is 0. The largest absolute Gasteiger partial charge is 0.316 e. The lowest BCUT2D eigenvalue weighted by Crippen LogP contribution is -2.34. The van der Waals surface area contributed by atoms with Crippen molar-refractivity contribution in [1.82, 2.24) is 10.3 Å². The summed E-state index contributed by atoms with van der Waals surface area (Å²) in [5.41, 5.74) is 2.59. The quantitative estimate of drug-likeness (QED) is 0.869. The van der Waals surface area contributed by atoms with E-state index in [2.05, 4.69) is 41.6 Å². The first-order valence-electron chi connectivity index (χ1n) is 6.91. The third-order valence-electron chi connectivity index (χ3n) is 4.22. The Balaban J connectivity index is 2.07. The van der Waals surface area contributed by atoms with Crippen molar-refractivity contribution in [2.24, 2.45) is 0 Å². The Bertz CT molecular complexity index is 530. The van der Waals surface area contributed by atoms with Crippen LogP contribution in [0.15, 0.2) is 36.5 Å². The predicted octanol–water partition coefficient (Wildman–Crippen LogP) is 3.48. The van der Waals surface area contributed by atoms with Gasteiger partial charge in [-0.2, -0.15) is 0 Å². The Labute approximate surface area is 108 Å². The summed E-state index contributed by atoms with van der Waals surface area (Å²) in [4.78, 5) is 4.47. The van der Waals surface area contributed by atoms with Gasteiger partial charge in [0.15, 0.2) is 0 Å². The summed E-state index contributed by atoms with van der Waals surface area (Å²) in [5, 5.41) is 4.82. The highest BCUT2D eigenvalue weighted by atomic mass is 14.9. The molecule has 3 rings (SSSR count). The van der Waals surface area contributed by atoms with Gasteiger partial charge in [0.25, 0.3) is 0 Å². The Kier molecular flexibility index (Phi) is 3.28. The molecule has 94 valence electrons. The van der Waals surface area contributed by atoms with Gasteiger partial charge in [-0.1, -0.05) is 31.0 Å². The number of rotatable bonds is 2. The number of fused-ring (bicyclic) bond motifs is 1. The first-order valence-corrected chi connectivity index (χ1v) is 6.91. The molecule has 0 saturated heterocycles. The van der Waals surface area contributed by atoms with Crippen LogP contribution in [0.1, 0.15) is 37.2 Å². The van der Waals surface area contributed by atoms with Crippen molar-refractivity contribution in [3.05, 3.63) is 42.1 Å². The van der Waals surface area contributed by atoms with E-state index in [1.165, 1.54) is 36.6 Å². The van der Waals surface area contributed by atoms with E-state index < -0.39 is 0 Å². The molecule has 0 amide bonds. The topological polar surface area (TPSA) is 24.9 Å². The Morgan fingerprint density at radius 3 is 2.89 bits per heavy atom. The number of pyridine rings is 1. The van der Waals surface area contributed by atoms with Crippen molar-refractivity contribution in [3.63, 3.8) is 0 Å². The zero-order valence-electron chi connectivity index (χ0n) is 10.9. The van der Waals surface area contributed by atoms with Crippen molar-refractivity contribution >= 4 is 10.9 Å². The van der Waals surface area contributed by atoms with E-state index in [0.29, 0.717) is 12.0 Å². The maximum Gasteiger partial charge on any atom is 0.0704 e. The molecule has 0 aliphatic heterocycles. The van der Waals surface area contributed by atoms with Crippen LogP contribution in [-0.4, -0.2) is 18.1 Å². The fourth-order valence-electron chi connectivity index (χ4n) is 3.30. The Morgan fingerprint density at radius 1 is 1.11 bits per heavy atom. The Morgan fingerprint density at radius 2 is 2.00 bits per heavy atom. The standard InChI is InChI=1S/C16H20N2/c1-17-15-9-3-2-6-13(15)12-7-4-10-16-14(12)8-5-11-18-16/h4-5,7-8,10-11,13,15,17H,2-3,6,9H2,1H3. The van der Waals surface area contributed by atoms with Gasteiger partial charge in [-0.05, 0) is 43.5 Å². The molecule has 1 aliphatic carbocycles. The first-order chi connectivity index (χ1) is 8.90. The van der Waals surface area contributed by atoms with E-state index >= 15 is 0 Å². The smallest absolute Gasteiger partial charge is 0.0704 e. The van der Waals surface area contributed by atoms with Crippen LogP contribution in [0, 0.1) is 0 Å². The summed E-state index contributed by atoms with van der Waals surface area (Å²) in [6, 6.07) is 11.4. The number of hydrogen-bond acceptors (Lipinski definition) is 2. The lowest BCUT2D eigenvalue weighted by molar-refractivity contribution is 0.345. The summed E-state index contributed by atoms with van der Waals surface area (Å²) in [6.07, 6.45) is 7.16. The van der Waals surface area contributed by atoms with Crippen molar-refractivity contribution < 1.29 is 0 Å². The molecule has 2 aromatic rings. The summed E-state index contributed by atoms with van der Waals surface area (Å²) >= 11 is 0. The van der Waals surface area contributed by atoms with Crippen LogP contribution in [0.2, 0.25) is 0 Å². The SMILES string of the molecule is CNC1CCCCC1c1cccc2ncccc12. The van der Waals surface area contributed by atoms with E-state index in [0.717, 1.165) is 5.52 Å². The minimum atomic E-state index is 0.615. The molecule has 2 nitrogen and oxygen atoms in total. The molecule has 0 spiro atoms. The van der Waals surface area contributed by atoms with Crippen LogP contribution in [0.5, 0.6) is 0 Å². The monoisotopic (exact) mass is 240 g/mol. The highest BCUT2D eigenvalue weighted by molar-refractivity contribution is 5.82. The number of hydrogen-bond donors (Lipinski definition) is 1. The summed E-state index contributed by atoms with van der Waals surface area (Å²) in [7, 11) is 2.09. The number of nitrogens with zero attached hydrogens (tertiary/aromatic N) is 1. The molecule has 1 aromatic heterocycles. The van der Waals surface area contributed by atoms with Crippen LogP contribution in [0.3, 0.4) is 0 Å². The second kappa shape index (κ2) is 5.07. The van der Waals surface area contributed by atoms with Gasteiger partial charge >= 0.3 is 0 Å². The van der Waals surface area contributed by atoms with E-state index in [-0.39, 0.29) is 0 Å². The molecule has 1 fully saturated rings. The van der Waals surface area contributed by atoms with Crippen LogP contribution < -0.4 is 5.32 Å². The van der Waals surface area contributed by atoms with Crippen LogP contribution in [-0.2, 0) is 0 Å². The van der Waals surface area contributed by atoms with E-state index in [1.807, 2.05) is 12.3 Å². The van der Waals surface area contributed by atoms with Gasteiger partial charge in [-0.15, -0.1) is 0 Å². The fraction of sp³-hybridized carbons (Fsp3) is 0.438. The number of aromatic nitrogens is 1. The lowest BCUT2D eigenvalue weighted by Gasteiger charge is -2.32. The zero-order valence-corrected chi connectivity index (χ0v) is 10.9. The second-order valence-electron chi connectivity index (χ2n) is 5.20. The highest BCUT2D eigenvalue weighted by Crippen LogP contribution is 2.36. The first kappa shape index (κ1) is 11.7. The number of benzene rings is 1. The minimum Gasteiger partial charge on any atom is -0.316 e. The Hall–Kier alpha value is -1.41. The second-order valence-corrected chi connectivity index (χ2v) is 5.20. The van der Waals surface area contributed by atoms with Gasteiger partial charge < -0.3 is 5.32 Å². The normalized spacial score (nSPS) is 24.3. The van der Waals surface area contributed by atoms with Gasteiger partial charge in [0.05, 0.1) is 5.52 Å². The predicted molar refractivity (Wildman–Crippen MR) is 75.8 cm³/mol. The molecule has 18 heavy (non-hydrogen) atoms. The molecule has 1 aromatic carbocycles. The number of likely N-dealkylation sites (N-methyl/N-ethyl adjacent to an activating group) is 1. The van der Waals surface area contributed by atoms with E-state index in [4.69, 9.17) is 0 Å².